The number of Topliss-reactive ketones (excluding diaryl/α,β-unsaturated/α-hetero) is 1. The molecule has 2 aromatic heterocycles. The van der Waals surface area contributed by atoms with E-state index in [4.69, 9.17) is 9.72 Å². The van der Waals surface area contributed by atoms with Crippen LogP contribution in [0.4, 0.5) is 4.39 Å². The third-order valence-electron chi connectivity index (χ3n) is 6.51. The van der Waals surface area contributed by atoms with E-state index < -0.39 is 5.82 Å². The van der Waals surface area contributed by atoms with E-state index in [9.17, 15) is 14.0 Å². The standard InChI is InChI=1S/C28H28FN3O3S2/c1-4-35-21-11-9-20(10-12-21)32-27(34)25-22-13-14-31(17(2)3)15-24(22)37-26(25)30-28(32)36-16-23(33)18-5-7-19(29)8-6-18/h5-12,17H,4,13-16H2,1-3H3. The molecule has 0 radical (unpaired) electrons. The summed E-state index contributed by atoms with van der Waals surface area (Å²) in [7, 11) is 0. The molecular formula is C28H28FN3O3S2. The van der Waals surface area contributed by atoms with Crippen LogP contribution in [0, 0.1) is 5.82 Å². The fourth-order valence-corrected chi connectivity index (χ4v) is 6.71. The topological polar surface area (TPSA) is 64.4 Å². The van der Waals surface area contributed by atoms with E-state index in [0.717, 1.165) is 30.8 Å². The highest BCUT2D eigenvalue weighted by molar-refractivity contribution is 7.99. The predicted octanol–water partition coefficient (Wildman–Crippen LogP) is 5.73. The molecule has 3 heterocycles. The van der Waals surface area contributed by atoms with Crippen LogP contribution in [-0.2, 0) is 13.0 Å². The Labute approximate surface area is 223 Å². The zero-order valence-corrected chi connectivity index (χ0v) is 22.6. The van der Waals surface area contributed by atoms with E-state index in [1.165, 1.54) is 40.9 Å². The molecule has 0 unspecified atom stereocenters. The molecule has 6 nitrogen and oxygen atoms in total. The molecule has 0 spiro atoms. The first kappa shape index (κ1) is 25.6. The van der Waals surface area contributed by atoms with Crippen LogP contribution in [0.1, 0.15) is 41.6 Å². The van der Waals surface area contributed by atoms with Crippen molar-refractivity contribution in [1.29, 1.82) is 0 Å². The van der Waals surface area contributed by atoms with Crippen molar-refractivity contribution in [2.24, 2.45) is 0 Å². The van der Waals surface area contributed by atoms with Crippen LogP contribution in [0.2, 0.25) is 0 Å². The smallest absolute Gasteiger partial charge is 0.267 e. The molecule has 0 atom stereocenters. The maximum Gasteiger partial charge on any atom is 0.267 e. The van der Waals surface area contributed by atoms with Crippen LogP contribution in [0.5, 0.6) is 5.75 Å². The van der Waals surface area contributed by atoms with Gasteiger partial charge in [-0.3, -0.25) is 19.1 Å². The van der Waals surface area contributed by atoms with E-state index in [2.05, 4.69) is 18.7 Å². The number of aromatic nitrogens is 2. The monoisotopic (exact) mass is 537 g/mol. The number of hydrogen-bond acceptors (Lipinski definition) is 7. The Morgan fingerprint density at radius 1 is 1.16 bits per heavy atom. The highest BCUT2D eigenvalue weighted by Gasteiger charge is 2.27. The van der Waals surface area contributed by atoms with Gasteiger partial charge in [-0.25, -0.2) is 9.37 Å². The minimum Gasteiger partial charge on any atom is -0.494 e. The summed E-state index contributed by atoms with van der Waals surface area (Å²) in [6, 6.07) is 13.3. The van der Waals surface area contributed by atoms with Gasteiger partial charge < -0.3 is 4.74 Å². The molecule has 192 valence electrons. The van der Waals surface area contributed by atoms with Crippen LogP contribution in [-0.4, -0.2) is 45.2 Å². The number of rotatable bonds is 8. The average molecular weight is 538 g/mol. The number of nitrogens with zero attached hydrogens (tertiary/aromatic N) is 3. The molecule has 0 aliphatic carbocycles. The van der Waals surface area contributed by atoms with E-state index in [0.29, 0.717) is 39.3 Å². The van der Waals surface area contributed by atoms with Crippen molar-refractivity contribution in [2.45, 2.75) is 44.9 Å². The molecule has 5 rings (SSSR count). The number of thiophene rings is 1. The number of carbonyl (C=O) groups excluding carboxylic acids is 1. The van der Waals surface area contributed by atoms with Crippen molar-refractivity contribution in [3.8, 4) is 11.4 Å². The van der Waals surface area contributed by atoms with Gasteiger partial charge in [-0.1, -0.05) is 11.8 Å². The summed E-state index contributed by atoms with van der Waals surface area (Å²) in [5.74, 6) is 0.247. The normalized spacial score (nSPS) is 13.8. The zero-order chi connectivity index (χ0) is 26.1. The highest BCUT2D eigenvalue weighted by atomic mass is 32.2. The van der Waals surface area contributed by atoms with Crippen LogP contribution in [0.25, 0.3) is 15.9 Å². The van der Waals surface area contributed by atoms with Crippen molar-refractivity contribution < 1.29 is 13.9 Å². The maximum absolute atomic E-state index is 14.0. The summed E-state index contributed by atoms with van der Waals surface area (Å²) in [5, 5.41) is 1.13. The molecule has 0 saturated heterocycles. The second-order valence-corrected chi connectivity index (χ2v) is 11.2. The van der Waals surface area contributed by atoms with Crippen LogP contribution < -0.4 is 10.3 Å². The van der Waals surface area contributed by atoms with Crippen molar-refractivity contribution in [1.82, 2.24) is 14.5 Å². The number of halogens is 1. The van der Waals surface area contributed by atoms with Gasteiger partial charge in [0.25, 0.3) is 5.56 Å². The summed E-state index contributed by atoms with van der Waals surface area (Å²) in [6.07, 6.45) is 0.809. The molecule has 4 aromatic rings. The van der Waals surface area contributed by atoms with Gasteiger partial charge in [-0.2, -0.15) is 0 Å². The van der Waals surface area contributed by atoms with Crippen molar-refractivity contribution in [3.63, 3.8) is 0 Å². The molecule has 0 fully saturated rings. The summed E-state index contributed by atoms with van der Waals surface area (Å²) >= 11 is 2.79. The van der Waals surface area contributed by atoms with E-state index in [1.54, 1.807) is 15.9 Å². The lowest BCUT2D eigenvalue weighted by Gasteiger charge is -2.30. The Bertz CT molecular complexity index is 1490. The highest BCUT2D eigenvalue weighted by Crippen LogP contribution is 2.35. The maximum atomic E-state index is 14.0. The Morgan fingerprint density at radius 2 is 1.89 bits per heavy atom. The minimum atomic E-state index is -0.390. The molecule has 2 aromatic carbocycles. The third kappa shape index (κ3) is 5.21. The summed E-state index contributed by atoms with van der Waals surface area (Å²) in [4.78, 5) is 36.0. The van der Waals surface area contributed by atoms with Gasteiger partial charge in [-0.05, 0) is 81.3 Å². The van der Waals surface area contributed by atoms with E-state index in [-0.39, 0.29) is 17.1 Å². The van der Waals surface area contributed by atoms with Crippen LogP contribution in [0.3, 0.4) is 0 Å². The lowest BCUT2D eigenvalue weighted by Crippen LogP contribution is -2.35. The molecule has 0 saturated carbocycles. The van der Waals surface area contributed by atoms with Gasteiger partial charge in [0.1, 0.15) is 16.4 Å². The quantitative estimate of drug-likeness (QED) is 0.163. The van der Waals surface area contributed by atoms with E-state index >= 15 is 0 Å². The largest absolute Gasteiger partial charge is 0.494 e. The van der Waals surface area contributed by atoms with E-state index in [1.807, 2.05) is 31.2 Å². The molecule has 0 bridgehead atoms. The Morgan fingerprint density at radius 3 is 2.57 bits per heavy atom. The Kier molecular flexibility index (Phi) is 7.46. The van der Waals surface area contributed by atoms with Gasteiger partial charge in [0, 0.05) is 29.6 Å². The number of benzene rings is 2. The predicted molar refractivity (Wildman–Crippen MR) is 147 cm³/mol. The molecule has 1 aliphatic rings. The molecule has 37 heavy (non-hydrogen) atoms. The SMILES string of the molecule is CCOc1ccc(-n2c(SCC(=O)c3ccc(F)cc3)nc3sc4c(c3c2=O)CCN(C(C)C)C4)cc1. The molecule has 9 heteroatoms. The zero-order valence-electron chi connectivity index (χ0n) is 21.0. The third-order valence-corrected chi connectivity index (χ3v) is 8.56. The van der Waals surface area contributed by atoms with Gasteiger partial charge in [0.05, 0.1) is 23.4 Å². The number of ether oxygens (including phenoxy) is 1. The minimum absolute atomic E-state index is 0.0762. The molecule has 1 aliphatic heterocycles. The summed E-state index contributed by atoms with van der Waals surface area (Å²) in [6.45, 7) is 8.55. The number of hydrogen-bond donors (Lipinski definition) is 0. The van der Waals surface area contributed by atoms with Gasteiger partial charge in [0.15, 0.2) is 10.9 Å². The van der Waals surface area contributed by atoms with Crippen molar-refractivity contribution in [2.75, 3.05) is 18.9 Å². The molecular weight excluding hydrogens is 509 g/mol. The Balaban J connectivity index is 1.57. The number of carbonyl (C=O) groups is 1. The Hall–Kier alpha value is -3.01. The number of ketones is 1. The van der Waals surface area contributed by atoms with Gasteiger partial charge in [0.2, 0.25) is 0 Å². The second kappa shape index (κ2) is 10.8. The molecule has 0 amide bonds. The van der Waals surface area contributed by atoms with Gasteiger partial charge in [-0.15, -0.1) is 11.3 Å². The lowest BCUT2D eigenvalue weighted by molar-refractivity contribution is 0.102. The fraction of sp³-hybridized carbons (Fsp3) is 0.321. The second-order valence-electron chi connectivity index (χ2n) is 9.18. The first-order valence-corrected chi connectivity index (χ1v) is 14.1. The number of thioether (sulfide) groups is 1. The van der Waals surface area contributed by atoms with Crippen LogP contribution >= 0.6 is 23.1 Å². The van der Waals surface area contributed by atoms with Gasteiger partial charge >= 0.3 is 0 Å². The van der Waals surface area contributed by atoms with Crippen molar-refractivity contribution in [3.05, 3.63) is 80.7 Å². The lowest BCUT2D eigenvalue weighted by atomic mass is 10.0. The summed E-state index contributed by atoms with van der Waals surface area (Å²) in [5.41, 5.74) is 2.05. The first-order valence-electron chi connectivity index (χ1n) is 12.3. The molecule has 0 N–H and O–H groups in total. The van der Waals surface area contributed by atoms with Crippen LogP contribution in [0.15, 0.2) is 58.5 Å². The van der Waals surface area contributed by atoms with Crippen molar-refractivity contribution >= 4 is 39.1 Å². The fourth-order valence-electron chi connectivity index (χ4n) is 4.52. The summed E-state index contributed by atoms with van der Waals surface area (Å²) < 4.78 is 20.5. The first-order chi connectivity index (χ1) is 17.9. The number of fused-ring (bicyclic) bond motifs is 3. The average Bonchev–Trinajstić information content (AvgIpc) is 3.26.